The van der Waals surface area contributed by atoms with Gasteiger partial charge in [0.25, 0.3) is 5.56 Å². The molecule has 1 N–H and O–H groups in total. The second kappa shape index (κ2) is 9.77. The van der Waals surface area contributed by atoms with Gasteiger partial charge in [0.05, 0.1) is 41.0 Å². The number of cyclic esters (lactones) is 1. The molecule has 0 spiro atoms. The van der Waals surface area contributed by atoms with Gasteiger partial charge in [0.1, 0.15) is 12.4 Å². The number of nitrogens with zero attached hydrogens (tertiary/aromatic N) is 2. The van der Waals surface area contributed by atoms with Gasteiger partial charge in [-0.2, -0.15) is 11.8 Å². The average Bonchev–Trinajstić information content (AvgIpc) is 3.26. The maximum absolute atomic E-state index is 15.0. The summed E-state index contributed by atoms with van der Waals surface area (Å²) in [6, 6.07) is 3.10. The summed E-state index contributed by atoms with van der Waals surface area (Å²) in [4.78, 5) is 44.0. The van der Waals surface area contributed by atoms with Crippen molar-refractivity contribution in [3.05, 3.63) is 61.7 Å². The first-order chi connectivity index (χ1) is 18.7. The summed E-state index contributed by atoms with van der Waals surface area (Å²) in [5.41, 5.74) is 6.14. The lowest BCUT2D eigenvalue weighted by atomic mass is 9.81. The lowest BCUT2D eigenvalue weighted by Gasteiger charge is -2.30. The minimum absolute atomic E-state index is 0.0151. The summed E-state index contributed by atoms with van der Waals surface area (Å²) in [5.74, 6) is -0.405. The van der Waals surface area contributed by atoms with Crippen LogP contribution in [0.1, 0.15) is 85.4 Å². The lowest BCUT2D eigenvalue weighted by Crippen LogP contribution is -2.33. The van der Waals surface area contributed by atoms with E-state index < -0.39 is 5.92 Å². The van der Waals surface area contributed by atoms with Crippen LogP contribution in [0, 0.1) is 12.7 Å². The van der Waals surface area contributed by atoms with Crippen molar-refractivity contribution in [1.82, 2.24) is 14.9 Å². The molecule has 2 aromatic heterocycles. The molecule has 0 fully saturated rings. The maximum Gasteiger partial charge on any atom is 0.313 e. The second-order valence-corrected chi connectivity index (χ2v) is 12.6. The Labute approximate surface area is 230 Å². The molecule has 3 aliphatic rings. The van der Waals surface area contributed by atoms with Crippen LogP contribution < -0.4 is 10.9 Å². The van der Waals surface area contributed by atoms with E-state index in [1.807, 2.05) is 13.0 Å². The van der Waals surface area contributed by atoms with Gasteiger partial charge in [-0.25, -0.2) is 9.37 Å². The highest BCUT2D eigenvalue weighted by Gasteiger charge is 2.37. The molecule has 0 saturated carbocycles. The third-order valence-electron chi connectivity index (χ3n) is 8.31. The molecule has 39 heavy (non-hydrogen) atoms. The van der Waals surface area contributed by atoms with Gasteiger partial charge in [-0.15, -0.1) is 0 Å². The molecule has 4 heterocycles. The number of carbonyl (C=O) groups is 2. The largest absolute Gasteiger partial charge is 0.460 e. The molecule has 3 aromatic rings. The SMILES string of the molecule is CCC1C(=O)OCc2c1cc1n(c2=O)Cc2c-1nc1cc(F)c(C)c3c1c2[C@@H](NC(=O)CCSC(C)C)CC3. The molecule has 9 heteroatoms. The first kappa shape index (κ1) is 26.0. The van der Waals surface area contributed by atoms with Crippen LogP contribution in [0.3, 0.4) is 0 Å². The van der Waals surface area contributed by atoms with E-state index in [2.05, 4.69) is 19.2 Å². The van der Waals surface area contributed by atoms with Crippen LogP contribution in [0.2, 0.25) is 0 Å². The molecule has 1 amide bonds. The van der Waals surface area contributed by atoms with Crippen molar-refractivity contribution in [2.45, 2.75) is 83.7 Å². The Morgan fingerprint density at radius 2 is 2.05 bits per heavy atom. The molecule has 1 aliphatic carbocycles. The predicted molar refractivity (Wildman–Crippen MR) is 149 cm³/mol. The van der Waals surface area contributed by atoms with Gasteiger partial charge in [-0.05, 0) is 59.8 Å². The molecule has 0 saturated heterocycles. The number of hydrogen-bond acceptors (Lipinski definition) is 6. The number of hydrogen-bond donors (Lipinski definition) is 1. The average molecular weight is 550 g/mol. The Kier molecular flexibility index (Phi) is 6.52. The van der Waals surface area contributed by atoms with Gasteiger partial charge in [0.2, 0.25) is 5.91 Å². The Bertz CT molecular complexity index is 1610. The zero-order chi connectivity index (χ0) is 27.6. The van der Waals surface area contributed by atoms with Crippen molar-refractivity contribution in [1.29, 1.82) is 0 Å². The quantitative estimate of drug-likeness (QED) is 0.338. The van der Waals surface area contributed by atoms with Crippen LogP contribution in [0.5, 0.6) is 0 Å². The van der Waals surface area contributed by atoms with Crippen LogP contribution in [-0.2, 0) is 33.9 Å². The maximum atomic E-state index is 15.0. The first-order valence-electron chi connectivity index (χ1n) is 13.7. The Hall–Kier alpha value is -3.20. The number of esters is 1. The van der Waals surface area contributed by atoms with Crippen molar-refractivity contribution in [3.8, 4) is 11.4 Å². The molecule has 0 bridgehead atoms. The van der Waals surface area contributed by atoms with Crippen LogP contribution >= 0.6 is 11.8 Å². The van der Waals surface area contributed by atoms with E-state index in [4.69, 9.17) is 9.72 Å². The third-order valence-corrected chi connectivity index (χ3v) is 9.42. The number of halogens is 1. The number of ether oxygens (including phenoxy) is 1. The minimum atomic E-state index is -0.502. The highest BCUT2D eigenvalue weighted by atomic mass is 32.2. The lowest BCUT2D eigenvalue weighted by molar-refractivity contribution is -0.148. The normalized spacial score (nSPS) is 19.1. The smallest absolute Gasteiger partial charge is 0.313 e. The molecule has 0 radical (unpaired) electrons. The van der Waals surface area contributed by atoms with Crippen molar-refractivity contribution >= 4 is 34.5 Å². The molecule has 2 atom stereocenters. The molecular formula is C30H32FN3O4S. The van der Waals surface area contributed by atoms with E-state index in [0.717, 1.165) is 27.8 Å². The molecule has 6 rings (SSSR count). The number of thioether (sulfide) groups is 1. The van der Waals surface area contributed by atoms with E-state index in [-0.39, 0.29) is 35.9 Å². The molecule has 1 unspecified atom stereocenters. The fourth-order valence-electron chi connectivity index (χ4n) is 6.37. The Morgan fingerprint density at radius 3 is 2.79 bits per heavy atom. The van der Waals surface area contributed by atoms with Gasteiger partial charge in [0.15, 0.2) is 0 Å². The fraction of sp³-hybridized carbons (Fsp3) is 0.467. The first-order valence-corrected chi connectivity index (χ1v) is 14.7. The minimum Gasteiger partial charge on any atom is -0.460 e. The number of nitrogens with one attached hydrogen (secondary N) is 1. The Morgan fingerprint density at radius 1 is 1.26 bits per heavy atom. The standard InChI is InChI=1S/C30H32FN3O4S/c1-5-16-18-10-24-28-19(12-34(24)29(36)20(18)13-38-30(16)37)27-22(32-25(35)8-9-39-14(2)3)7-6-17-15(4)21(31)11-23(33-28)26(17)27/h10-11,14,16,22H,5-9,12-13H2,1-4H3,(H,32,35)/t16?,22-/m0/s1. The number of carbonyl (C=O) groups excluding carboxylic acids is 2. The van der Waals surface area contributed by atoms with Gasteiger partial charge in [-0.1, -0.05) is 20.8 Å². The molecule has 7 nitrogen and oxygen atoms in total. The molecule has 2 aliphatic heterocycles. The van der Waals surface area contributed by atoms with Crippen LogP contribution in [0.25, 0.3) is 22.3 Å². The van der Waals surface area contributed by atoms with Gasteiger partial charge >= 0.3 is 5.97 Å². The van der Waals surface area contributed by atoms with Crippen molar-refractivity contribution in [2.75, 3.05) is 5.75 Å². The number of rotatable bonds is 6. The summed E-state index contributed by atoms with van der Waals surface area (Å²) in [6.07, 6.45) is 2.23. The summed E-state index contributed by atoms with van der Waals surface area (Å²) in [6.45, 7) is 8.19. The van der Waals surface area contributed by atoms with Crippen LogP contribution in [-0.4, -0.2) is 32.4 Å². The number of fused-ring (bicyclic) bond motifs is 5. The number of aromatic nitrogens is 2. The number of amides is 1. The zero-order valence-electron chi connectivity index (χ0n) is 22.7. The van der Waals surface area contributed by atoms with Gasteiger partial charge in [0, 0.05) is 29.2 Å². The summed E-state index contributed by atoms with van der Waals surface area (Å²) >= 11 is 1.75. The van der Waals surface area contributed by atoms with Gasteiger partial charge in [-0.3, -0.25) is 14.4 Å². The van der Waals surface area contributed by atoms with E-state index in [1.165, 1.54) is 6.07 Å². The van der Waals surface area contributed by atoms with Crippen LogP contribution in [0.4, 0.5) is 4.39 Å². The number of benzene rings is 1. The van der Waals surface area contributed by atoms with E-state index in [0.29, 0.717) is 71.1 Å². The van der Waals surface area contributed by atoms with E-state index in [9.17, 15) is 14.4 Å². The highest BCUT2D eigenvalue weighted by Crippen LogP contribution is 2.45. The van der Waals surface area contributed by atoms with Gasteiger partial charge < -0.3 is 14.6 Å². The number of aryl methyl sites for hydroxylation is 1. The van der Waals surface area contributed by atoms with Crippen molar-refractivity contribution in [3.63, 3.8) is 0 Å². The molecule has 1 aromatic carbocycles. The van der Waals surface area contributed by atoms with E-state index >= 15 is 4.39 Å². The summed E-state index contributed by atoms with van der Waals surface area (Å²) in [7, 11) is 0. The third kappa shape index (κ3) is 4.17. The molecule has 204 valence electrons. The topological polar surface area (TPSA) is 90.3 Å². The Balaban J connectivity index is 1.51. The highest BCUT2D eigenvalue weighted by molar-refractivity contribution is 7.99. The zero-order valence-corrected chi connectivity index (χ0v) is 23.5. The number of pyridine rings is 2. The predicted octanol–water partition coefficient (Wildman–Crippen LogP) is 5.06. The second-order valence-electron chi connectivity index (χ2n) is 11.0. The summed E-state index contributed by atoms with van der Waals surface area (Å²) in [5, 5.41) is 4.59. The fourth-order valence-corrected chi connectivity index (χ4v) is 7.15. The van der Waals surface area contributed by atoms with Crippen molar-refractivity contribution in [2.24, 2.45) is 0 Å². The monoisotopic (exact) mass is 549 g/mol. The summed E-state index contributed by atoms with van der Waals surface area (Å²) < 4.78 is 22.0. The van der Waals surface area contributed by atoms with E-state index in [1.54, 1.807) is 23.3 Å². The van der Waals surface area contributed by atoms with Crippen molar-refractivity contribution < 1.29 is 18.7 Å². The van der Waals surface area contributed by atoms with Crippen LogP contribution in [0.15, 0.2) is 16.9 Å². The molecular weight excluding hydrogens is 517 g/mol.